The van der Waals surface area contributed by atoms with Crippen molar-refractivity contribution in [3.8, 4) is 5.75 Å². The van der Waals surface area contributed by atoms with Crippen LogP contribution in [0.2, 0.25) is 0 Å². The second-order valence-electron chi connectivity index (χ2n) is 8.37. The van der Waals surface area contributed by atoms with E-state index in [1.54, 1.807) is 7.11 Å². The summed E-state index contributed by atoms with van der Waals surface area (Å²) in [6.07, 6.45) is 2.89. The minimum Gasteiger partial charge on any atom is -0.497 e. The molecule has 2 aliphatic rings. The fraction of sp³-hybridized carbons (Fsp3) is 0.435. The summed E-state index contributed by atoms with van der Waals surface area (Å²) in [5.41, 5.74) is 1.58. The molecule has 0 bridgehead atoms. The van der Waals surface area contributed by atoms with Crippen LogP contribution in [0.5, 0.6) is 5.75 Å². The smallest absolute Gasteiger partial charge is 0.254 e. The number of methoxy groups -OCH3 is 1. The van der Waals surface area contributed by atoms with E-state index in [-0.39, 0.29) is 29.3 Å². The Bertz CT molecular complexity index is 865. The van der Waals surface area contributed by atoms with E-state index in [2.05, 4.69) is 18.7 Å². The number of carbonyl (C=O) groups excluding carboxylic acids is 1. The maximum absolute atomic E-state index is 13.4. The second kappa shape index (κ2) is 7.12. The van der Waals surface area contributed by atoms with Crippen LogP contribution in [0, 0.1) is 5.82 Å². The van der Waals surface area contributed by atoms with Gasteiger partial charge in [0.05, 0.1) is 19.2 Å². The van der Waals surface area contributed by atoms with E-state index in [9.17, 15) is 9.18 Å². The Hall–Kier alpha value is -2.56. The number of piperidine rings is 1. The predicted molar refractivity (Wildman–Crippen MR) is 108 cm³/mol. The number of carbonyl (C=O) groups is 1. The molecule has 0 unspecified atom stereocenters. The van der Waals surface area contributed by atoms with Gasteiger partial charge in [-0.25, -0.2) is 4.39 Å². The van der Waals surface area contributed by atoms with Crippen molar-refractivity contribution < 1.29 is 13.9 Å². The van der Waals surface area contributed by atoms with Crippen LogP contribution >= 0.6 is 0 Å². The van der Waals surface area contributed by atoms with E-state index in [1.807, 2.05) is 41.3 Å². The predicted octanol–water partition coefficient (Wildman–Crippen LogP) is 4.50. The Morgan fingerprint density at radius 1 is 1.14 bits per heavy atom. The molecule has 2 fully saturated rings. The summed E-state index contributed by atoms with van der Waals surface area (Å²) in [6.45, 7) is 5.19. The van der Waals surface area contributed by atoms with Crippen LogP contribution < -0.4 is 9.64 Å². The van der Waals surface area contributed by atoms with Gasteiger partial charge < -0.3 is 14.5 Å². The summed E-state index contributed by atoms with van der Waals surface area (Å²) in [4.78, 5) is 17.7. The number of amides is 1. The zero-order valence-corrected chi connectivity index (χ0v) is 16.7. The normalized spacial score (nSPS) is 23.4. The SMILES string of the molecule is COc1cccc(C(=O)N2CCC[C@H]3[C@@H]2CC(C)(C)N3c2ccc(F)cc2)c1. The van der Waals surface area contributed by atoms with Crippen molar-refractivity contribution in [2.75, 3.05) is 18.6 Å². The molecular formula is C23H27FN2O2. The molecule has 0 N–H and O–H groups in total. The molecule has 2 aliphatic heterocycles. The van der Waals surface area contributed by atoms with Crippen molar-refractivity contribution in [3.63, 3.8) is 0 Å². The molecule has 0 aromatic heterocycles. The van der Waals surface area contributed by atoms with E-state index in [0.29, 0.717) is 11.3 Å². The molecule has 5 heteroatoms. The van der Waals surface area contributed by atoms with Crippen LogP contribution in [0.1, 0.15) is 43.5 Å². The number of hydrogen-bond donors (Lipinski definition) is 0. The number of rotatable bonds is 3. The Morgan fingerprint density at radius 2 is 1.89 bits per heavy atom. The van der Waals surface area contributed by atoms with Gasteiger partial charge in [-0.1, -0.05) is 6.07 Å². The van der Waals surface area contributed by atoms with Crippen molar-refractivity contribution in [1.29, 1.82) is 0 Å². The third-order valence-electron chi connectivity index (χ3n) is 6.12. The van der Waals surface area contributed by atoms with Crippen molar-refractivity contribution in [2.24, 2.45) is 0 Å². The van der Waals surface area contributed by atoms with Crippen LogP contribution in [0.4, 0.5) is 10.1 Å². The quantitative estimate of drug-likeness (QED) is 0.784. The Morgan fingerprint density at radius 3 is 2.61 bits per heavy atom. The molecule has 148 valence electrons. The first-order valence-corrected chi connectivity index (χ1v) is 9.91. The molecule has 0 radical (unpaired) electrons. The van der Waals surface area contributed by atoms with E-state index in [1.165, 1.54) is 12.1 Å². The molecule has 0 spiro atoms. The molecule has 0 aliphatic carbocycles. The van der Waals surface area contributed by atoms with Gasteiger partial charge in [0, 0.05) is 23.3 Å². The van der Waals surface area contributed by atoms with Crippen LogP contribution in [-0.2, 0) is 0 Å². The standard InChI is InChI=1S/C23H27FN2O2/c1-23(2)15-21-20(26(23)18-11-9-17(24)10-12-18)8-5-13-25(21)22(27)16-6-4-7-19(14-16)28-3/h4,6-7,9-12,14,20-21H,5,8,13,15H2,1-3H3/t20-,21-/m0/s1. The molecule has 0 saturated carbocycles. The van der Waals surface area contributed by atoms with Gasteiger partial charge in [-0.15, -0.1) is 0 Å². The highest BCUT2D eigenvalue weighted by Crippen LogP contribution is 2.44. The number of ether oxygens (including phenoxy) is 1. The first-order valence-electron chi connectivity index (χ1n) is 9.91. The van der Waals surface area contributed by atoms with Gasteiger partial charge in [-0.3, -0.25) is 4.79 Å². The fourth-order valence-corrected chi connectivity index (χ4v) is 4.96. The van der Waals surface area contributed by atoms with E-state index < -0.39 is 0 Å². The summed E-state index contributed by atoms with van der Waals surface area (Å²) in [6, 6.07) is 14.5. The highest BCUT2D eigenvalue weighted by Gasteiger charge is 2.50. The highest BCUT2D eigenvalue weighted by molar-refractivity contribution is 5.95. The van der Waals surface area contributed by atoms with E-state index in [0.717, 1.165) is 31.5 Å². The number of anilines is 1. The molecule has 4 nitrogen and oxygen atoms in total. The molecular weight excluding hydrogens is 355 g/mol. The number of nitrogens with zero attached hydrogens (tertiary/aromatic N) is 2. The Balaban J connectivity index is 1.64. The lowest BCUT2D eigenvalue weighted by Crippen LogP contribution is -2.52. The summed E-state index contributed by atoms with van der Waals surface area (Å²) >= 11 is 0. The minimum absolute atomic E-state index is 0.0605. The lowest BCUT2D eigenvalue weighted by molar-refractivity contribution is 0.0605. The highest BCUT2D eigenvalue weighted by atomic mass is 19.1. The maximum atomic E-state index is 13.4. The fourth-order valence-electron chi connectivity index (χ4n) is 4.96. The Kier molecular flexibility index (Phi) is 4.77. The average molecular weight is 382 g/mol. The third kappa shape index (κ3) is 3.23. The third-order valence-corrected chi connectivity index (χ3v) is 6.12. The summed E-state index contributed by atoms with van der Waals surface area (Å²) in [5, 5.41) is 0. The molecule has 1 amide bonds. The van der Waals surface area contributed by atoms with E-state index >= 15 is 0 Å². The number of fused-ring (bicyclic) bond motifs is 1. The molecule has 2 atom stereocenters. The van der Waals surface area contributed by atoms with Crippen molar-refractivity contribution >= 4 is 11.6 Å². The van der Waals surface area contributed by atoms with Gasteiger partial charge in [0.15, 0.2) is 0 Å². The van der Waals surface area contributed by atoms with Crippen LogP contribution in [0.3, 0.4) is 0 Å². The maximum Gasteiger partial charge on any atom is 0.254 e. The number of hydrogen-bond acceptors (Lipinski definition) is 3. The molecule has 2 aromatic carbocycles. The van der Waals surface area contributed by atoms with Crippen LogP contribution in [0.25, 0.3) is 0 Å². The van der Waals surface area contributed by atoms with Crippen molar-refractivity contribution in [3.05, 3.63) is 59.9 Å². The van der Waals surface area contributed by atoms with Crippen LogP contribution in [0.15, 0.2) is 48.5 Å². The minimum atomic E-state index is -0.226. The van der Waals surface area contributed by atoms with Gasteiger partial charge in [-0.2, -0.15) is 0 Å². The van der Waals surface area contributed by atoms with Gasteiger partial charge in [0.2, 0.25) is 0 Å². The lowest BCUT2D eigenvalue weighted by Gasteiger charge is -2.42. The molecule has 28 heavy (non-hydrogen) atoms. The number of halogens is 1. The van der Waals surface area contributed by atoms with Crippen LogP contribution in [-0.4, -0.2) is 42.1 Å². The van der Waals surface area contributed by atoms with Gasteiger partial charge >= 0.3 is 0 Å². The Labute approximate surface area is 165 Å². The van der Waals surface area contributed by atoms with Crippen molar-refractivity contribution in [2.45, 2.75) is 50.7 Å². The largest absolute Gasteiger partial charge is 0.497 e. The monoisotopic (exact) mass is 382 g/mol. The average Bonchev–Trinajstić information content (AvgIpc) is 2.98. The second-order valence-corrected chi connectivity index (χ2v) is 8.37. The first-order chi connectivity index (χ1) is 13.4. The number of likely N-dealkylation sites (tertiary alicyclic amines) is 1. The van der Waals surface area contributed by atoms with Crippen molar-refractivity contribution in [1.82, 2.24) is 4.90 Å². The molecule has 2 saturated heterocycles. The zero-order valence-electron chi connectivity index (χ0n) is 16.7. The van der Waals surface area contributed by atoms with Gasteiger partial charge in [0.1, 0.15) is 11.6 Å². The van der Waals surface area contributed by atoms with Gasteiger partial charge in [0.25, 0.3) is 5.91 Å². The first kappa shape index (κ1) is 18.8. The molecule has 2 aromatic rings. The zero-order chi connectivity index (χ0) is 19.9. The topological polar surface area (TPSA) is 32.8 Å². The van der Waals surface area contributed by atoms with Gasteiger partial charge in [-0.05, 0) is 75.6 Å². The number of benzene rings is 2. The lowest BCUT2D eigenvalue weighted by atomic mass is 9.93. The molecule has 4 rings (SSSR count). The summed E-state index contributed by atoms with van der Waals surface area (Å²) in [5.74, 6) is 0.528. The van der Waals surface area contributed by atoms with E-state index in [4.69, 9.17) is 4.74 Å². The summed E-state index contributed by atoms with van der Waals surface area (Å²) < 4.78 is 18.7. The summed E-state index contributed by atoms with van der Waals surface area (Å²) in [7, 11) is 1.61. The molecule has 2 heterocycles.